The number of alkyl carbamates (subject to hydrolysis) is 1. The smallest absolute Gasteiger partial charge is 0.407 e. The highest BCUT2D eigenvalue weighted by atomic mass is 16.6. The Hall–Kier alpha value is -2.93. The van der Waals surface area contributed by atoms with Gasteiger partial charge in [-0.3, -0.25) is 0 Å². The zero-order valence-electron chi connectivity index (χ0n) is 16.2. The standard InChI is InChI=1S/C11H20N2O4.C7H7N3/c1-11(2,3)17-9(14)12-8-5-4-6-13(7-8)10(15)16;1-6-2-4-7(5-3-6)9-10-8/h8H,4-7H2,1-3H3,(H,12,14)(H,15,16);2-5H,1H3. The van der Waals surface area contributed by atoms with Crippen molar-refractivity contribution in [1.82, 2.24) is 10.2 Å². The molecule has 1 heterocycles. The van der Waals surface area contributed by atoms with E-state index in [4.69, 9.17) is 15.4 Å². The highest BCUT2D eigenvalue weighted by molar-refractivity contribution is 5.69. The minimum Gasteiger partial charge on any atom is -0.465 e. The van der Waals surface area contributed by atoms with Crippen LogP contribution in [0.3, 0.4) is 0 Å². The second-order valence-corrected chi connectivity index (χ2v) is 7.24. The first kappa shape index (κ1) is 22.1. The minimum atomic E-state index is -0.944. The number of azide groups is 1. The van der Waals surface area contributed by atoms with E-state index in [0.29, 0.717) is 18.8 Å². The molecule has 9 heteroatoms. The second kappa shape index (κ2) is 10.3. The average Bonchev–Trinajstić information content (AvgIpc) is 2.56. The Bertz CT molecular complexity index is 678. The summed E-state index contributed by atoms with van der Waals surface area (Å²) in [5.41, 5.74) is 9.33. The van der Waals surface area contributed by atoms with Gasteiger partial charge in [-0.05, 0) is 46.1 Å². The largest absolute Gasteiger partial charge is 0.465 e. The van der Waals surface area contributed by atoms with Crippen LogP contribution in [0.2, 0.25) is 0 Å². The number of rotatable bonds is 2. The van der Waals surface area contributed by atoms with Gasteiger partial charge < -0.3 is 20.1 Å². The summed E-state index contributed by atoms with van der Waals surface area (Å²) in [6.45, 7) is 8.21. The van der Waals surface area contributed by atoms with Crippen molar-refractivity contribution >= 4 is 17.9 Å². The number of carbonyl (C=O) groups is 2. The summed E-state index contributed by atoms with van der Waals surface area (Å²) in [5, 5.41) is 15.0. The number of benzene rings is 1. The van der Waals surface area contributed by atoms with Crippen LogP contribution in [0, 0.1) is 6.92 Å². The molecule has 1 atom stereocenters. The number of aryl methyl sites for hydroxylation is 1. The molecule has 1 aliphatic heterocycles. The Labute approximate surface area is 158 Å². The van der Waals surface area contributed by atoms with E-state index in [-0.39, 0.29) is 6.04 Å². The Morgan fingerprint density at radius 1 is 1.33 bits per heavy atom. The third kappa shape index (κ3) is 9.37. The van der Waals surface area contributed by atoms with Crippen LogP contribution in [0.1, 0.15) is 39.2 Å². The van der Waals surface area contributed by atoms with Crippen LogP contribution < -0.4 is 5.32 Å². The number of hydrogen-bond acceptors (Lipinski definition) is 4. The zero-order chi connectivity index (χ0) is 20.4. The third-order valence-electron chi connectivity index (χ3n) is 3.61. The van der Waals surface area contributed by atoms with Gasteiger partial charge in [0.15, 0.2) is 0 Å². The van der Waals surface area contributed by atoms with Gasteiger partial charge in [-0.25, -0.2) is 9.59 Å². The molecule has 0 bridgehead atoms. The molecular weight excluding hydrogens is 350 g/mol. The lowest BCUT2D eigenvalue weighted by Crippen LogP contribution is -2.50. The Morgan fingerprint density at radius 3 is 2.48 bits per heavy atom. The number of ether oxygens (including phenoxy) is 1. The van der Waals surface area contributed by atoms with Gasteiger partial charge in [0.1, 0.15) is 5.60 Å². The summed E-state index contributed by atoms with van der Waals surface area (Å²) in [4.78, 5) is 26.3. The van der Waals surface area contributed by atoms with E-state index >= 15 is 0 Å². The van der Waals surface area contributed by atoms with Crippen molar-refractivity contribution in [3.63, 3.8) is 0 Å². The zero-order valence-corrected chi connectivity index (χ0v) is 16.2. The Kier molecular flexibility index (Phi) is 8.41. The van der Waals surface area contributed by atoms with Gasteiger partial charge >= 0.3 is 12.2 Å². The molecule has 1 unspecified atom stereocenters. The predicted octanol–water partition coefficient (Wildman–Crippen LogP) is 4.59. The summed E-state index contributed by atoms with van der Waals surface area (Å²) >= 11 is 0. The van der Waals surface area contributed by atoms with Crippen molar-refractivity contribution in [2.24, 2.45) is 5.11 Å². The summed E-state index contributed by atoms with van der Waals surface area (Å²) in [6, 6.07) is 7.23. The molecule has 2 rings (SSSR count). The molecule has 2 amide bonds. The highest BCUT2D eigenvalue weighted by Gasteiger charge is 2.26. The minimum absolute atomic E-state index is 0.158. The number of likely N-dealkylation sites (tertiary alicyclic amines) is 1. The molecule has 1 aromatic carbocycles. The fourth-order valence-corrected chi connectivity index (χ4v) is 2.41. The molecule has 1 aromatic rings. The van der Waals surface area contributed by atoms with Gasteiger partial charge in [-0.15, -0.1) is 0 Å². The first-order valence-corrected chi connectivity index (χ1v) is 8.70. The van der Waals surface area contributed by atoms with Crippen LogP contribution >= 0.6 is 0 Å². The summed E-state index contributed by atoms with van der Waals surface area (Å²) in [5.74, 6) is 0. The van der Waals surface area contributed by atoms with Gasteiger partial charge in [0, 0.05) is 29.7 Å². The molecule has 2 N–H and O–H groups in total. The lowest BCUT2D eigenvalue weighted by Gasteiger charge is -2.31. The fraction of sp³-hybridized carbons (Fsp3) is 0.556. The van der Waals surface area contributed by atoms with E-state index in [2.05, 4.69) is 15.3 Å². The van der Waals surface area contributed by atoms with Crippen molar-refractivity contribution in [3.05, 3.63) is 40.3 Å². The normalized spacial score (nSPS) is 16.3. The van der Waals surface area contributed by atoms with Gasteiger partial charge in [0.05, 0.1) is 0 Å². The molecule has 1 fully saturated rings. The lowest BCUT2D eigenvalue weighted by atomic mass is 10.1. The van der Waals surface area contributed by atoms with Crippen LogP contribution in [0.5, 0.6) is 0 Å². The number of piperidine rings is 1. The highest BCUT2D eigenvalue weighted by Crippen LogP contribution is 2.13. The van der Waals surface area contributed by atoms with E-state index < -0.39 is 17.8 Å². The maximum Gasteiger partial charge on any atom is 0.407 e. The summed E-state index contributed by atoms with van der Waals surface area (Å²) in [6.07, 6.45) is 0.103. The van der Waals surface area contributed by atoms with Crippen molar-refractivity contribution in [3.8, 4) is 0 Å². The molecule has 9 nitrogen and oxygen atoms in total. The third-order valence-corrected chi connectivity index (χ3v) is 3.61. The van der Waals surface area contributed by atoms with E-state index in [1.165, 1.54) is 4.90 Å². The first-order valence-electron chi connectivity index (χ1n) is 8.70. The monoisotopic (exact) mass is 377 g/mol. The van der Waals surface area contributed by atoms with E-state index in [9.17, 15) is 9.59 Å². The summed E-state index contributed by atoms with van der Waals surface area (Å²) in [7, 11) is 0. The van der Waals surface area contributed by atoms with Crippen LogP contribution in [-0.2, 0) is 4.74 Å². The van der Waals surface area contributed by atoms with Gasteiger partial charge in [-0.1, -0.05) is 34.9 Å². The molecule has 1 aliphatic rings. The molecule has 1 saturated heterocycles. The number of amides is 2. The van der Waals surface area contributed by atoms with Gasteiger partial charge in [-0.2, -0.15) is 0 Å². The average molecular weight is 377 g/mol. The number of hydrogen-bond donors (Lipinski definition) is 2. The Morgan fingerprint density at radius 2 is 1.96 bits per heavy atom. The molecular formula is C18H27N5O4. The van der Waals surface area contributed by atoms with Gasteiger partial charge in [0.25, 0.3) is 0 Å². The second-order valence-electron chi connectivity index (χ2n) is 7.24. The fourth-order valence-electron chi connectivity index (χ4n) is 2.41. The topological polar surface area (TPSA) is 128 Å². The quantitative estimate of drug-likeness (QED) is 0.444. The van der Waals surface area contributed by atoms with Crippen molar-refractivity contribution < 1.29 is 19.4 Å². The molecule has 0 radical (unpaired) electrons. The molecule has 27 heavy (non-hydrogen) atoms. The lowest BCUT2D eigenvalue weighted by molar-refractivity contribution is 0.0469. The van der Waals surface area contributed by atoms with Crippen LogP contribution in [0.4, 0.5) is 15.3 Å². The molecule has 148 valence electrons. The molecule has 0 aromatic heterocycles. The Balaban J connectivity index is 0.000000309. The van der Waals surface area contributed by atoms with Crippen molar-refractivity contribution in [2.45, 2.75) is 52.2 Å². The molecule has 0 aliphatic carbocycles. The number of carboxylic acid groups (broad SMARTS) is 1. The molecule has 0 spiro atoms. The van der Waals surface area contributed by atoms with E-state index in [1.54, 1.807) is 32.9 Å². The maximum absolute atomic E-state index is 11.5. The number of nitrogens with one attached hydrogen (secondary N) is 1. The van der Waals surface area contributed by atoms with Gasteiger partial charge in [0.2, 0.25) is 0 Å². The van der Waals surface area contributed by atoms with Crippen LogP contribution in [-0.4, -0.2) is 46.9 Å². The van der Waals surface area contributed by atoms with Crippen LogP contribution in [0.25, 0.3) is 10.4 Å². The first-order chi connectivity index (χ1) is 12.6. The molecule has 0 saturated carbocycles. The van der Waals surface area contributed by atoms with Crippen LogP contribution in [0.15, 0.2) is 29.4 Å². The van der Waals surface area contributed by atoms with E-state index in [0.717, 1.165) is 18.4 Å². The summed E-state index contributed by atoms with van der Waals surface area (Å²) < 4.78 is 5.12. The SMILES string of the molecule is CC(C)(C)OC(=O)NC1CCCN(C(=O)O)C1.Cc1ccc(N=[N+]=[N-])cc1. The van der Waals surface area contributed by atoms with Crippen molar-refractivity contribution in [2.75, 3.05) is 13.1 Å². The predicted molar refractivity (Wildman–Crippen MR) is 102 cm³/mol. The van der Waals surface area contributed by atoms with Crippen molar-refractivity contribution in [1.29, 1.82) is 0 Å². The number of carbonyl (C=O) groups excluding carboxylic acids is 1. The maximum atomic E-state index is 11.5. The van der Waals surface area contributed by atoms with E-state index in [1.807, 2.05) is 19.1 Å². The number of nitrogens with zero attached hydrogens (tertiary/aromatic N) is 4.